The van der Waals surface area contributed by atoms with Crippen molar-refractivity contribution in [2.24, 2.45) is 23.7 Å². The van der Waals surface area contributed by atoms with Gasteiger partial charge in [0.15, 0.2) is 0 Å². The fraction of sp³-hybridized carbons (Fsp3) is 0.500. The normalized spacial score (nSPS) is 25.7. The van der Waals surface area contributed by atoms with E-state index in [2.05, 4.69) is 0 Å². The number of carboxylic acids is 2. The van der Waals surface area contributed by atoms with Crippen LogP contribution in [-0.4, -0.2) is 103 Å². The number of unbranched alkanes of at least 4 members (excludes halogenated alkanes) is 2. The molecule has 2 saturated carbocycles. The molecule has 58 heavy (non-hydrogen) atoms. The van der Waals surface area contributed by atoms with E-state index in [0.29, 0.717) is 72.9 Å². The van der Waals surface area contributed by atoms with Crippen LogP contribution in [0.25, 0.3) is 0 Å². The molecule has 0 heterocycles. The van der Waals surface area contributed by atoms with E-state index >= 15 is 0 Å². The molecule has 0 aliphatic heterocycles. The smallest absolute Gasteiger partial charge is 0.303 e. The van der Waals surface area contributed by atoms with Crippen molar-refractivity contribution in [3.8, 4) is 11.5 Å². The molecule has 2 aromatic carbocycles. The Morgan fingerprint density at radius 1 is 0.638 bits per heavy atom. The minimum Gasteiger partial charge on any atom is -0.491 e. The highest BCUT2D eigenvalue weighted by Gasteiger charge is 2.40. The molecule has 0 amide bonds. The van der Waals surface area contributed by atoms with Gasteiger partial charge in [0.1, 0.15) is 36.9 Å². The van der Waals surface area contributed by atoms with Crippen molar-refractivity contribution in [2.75, 3.05) is 13.2 Å². The lowest BCUT2D eigenvalue weighted by molar-refractivity contribution is -0.138. The van der Waals surface area contributed by atoms with Gasteiger partial charge in [-0.3, -0.25) is 9.59 Å². The van der Waals surface area contributed by atoms with E-state index in [1.165, 1.54) is 0 Å². The Labute approximate surface area is 350 Å². The summed E-state index contributed by atoms with van der Waals surface area (Å²) in [4.78, 5) is 21.0. The summed E-state index contributed by atoms with van der Waals surface area (Å²) in [5, 5.41) is 79.7. The van der Waals surface area contributed by atoms with E-state index in [1.807, 2.05) is 24.3 Å². The molecule has 2 aliphatic rings. The molecule has 4 rings (SSSR count). The van der Waals surface area contributed by atoms with Crippen molar-refractivity contribution >= 4 is 35.1 Å². The number of aliphatic hydroxyl groups excluding tert-OH is 6. The third-order valence-corrected chi connectivity index (χ3v) is 10.5. The number of hydrogen-bond acceptors (Lipinski definition) is 10. The molecule has 0 unspecified atom stereocenters. The van der Waals surface area contributed by atoms with Crippen LogP contribution in [0.3, 0.4) is 0 Å². The molecule has 12 nitrogen and oxygen atoms in total. The van der Waals surface area contributed by atoms with E-state index in [-0.39, 0.29) is 49.7 Å². The van der Waals surface area contributed by atoms with Gasteiger partial charge in [0, 0.05) is 47.6 Å². The standard InChI is InChI=1S/2C22H29ClO6/c2*23-15-6-5-7-17(12-15)29-14-16(24)10-11-19-18(20(25)13-21(19)26)8-3-1-2-4-9-22(27)28/h2*1,3,5-7,10-12,16,18-21,24-26H,2,4,8-9,13-14H2,(H,27,28)/b2*3-1-,11-10+/t2*16-,18-,19-,20+,21-/m10/s1. The topological polar surface area (TPSA) is 214 Å². The van der Waals surface area contributed by atoms with Crippen LogP contribution in [0, 0.1) is 23.7 Å². The second kappa shape index (κ2) is 26.4. The first-order chi connectivity index (χ1) is 27.7. The number of aliphatic carboxylic acids is 2. The Kier molecular flexibility index (Phi) is 22.1. The van der Waals surface area contributed by atoms with Crippen LogP contribution in [0.5, 0.6) is 11.5 Å². The lowest BCUT2D eigenvalue weighted by Gasteiger charge is -2.19. The highest BCUT2D eigenvalue weighted by Crippen LogP contribution is 2.37. The van der Waals surface area contributed by atoms with Gasteiger partial charge in [0.05, 0.1) is 24.4 Å². The summed E-state index contributed by atoms with van der Waals surface area (Å²) in [6, 6.07) is 13.8. The van der Waals surface area contributed by atoms with Crippen LogP contribution >= 0.6 is 23.2 Å². The Morgan fingerprint density at radius 2 is 1.03 bits per heavy atom. The van der Waals surface area contributed by atoms with Gasteiger partial charge in [-0.15, -0.1) is 0 Å². The minimum atomic E-state index is -0.855. The van der Waals surface area contributed by atoms with Gasteiger partial charge in [-0.1, -0.05) is 83.9 Å². The predicted molar refractivity (Wildman–Crippen MR) is 222 cm³/mol. The number of carboxylic acid groups (broad SMARTS) is 2. The van der Waals surface area contributed by atoms with Crippen molar-refractivity contribution < 1.29 is 59.9 Å². The molecular weight excluding hydrogens is 791 g/mol. The van der Waals surface area contributed by atoms with Gasteiger partial charge < -0.3 is 50.3 Å². The highest BCUT2D eigenvalue weighted by atomic mass is 35.5. The molecule has 2 aliphatic carbocycles. The molecule has 2 aromatic rings. The van der Waals surface area contributed by atoms with Crippen LogP contribution in [0.15, 0.2) is 97.1 Å². The predicted octanol–water partition coefficient (Wildman–Crippen LogP) is 6.39. The molecule has 2 fully saturated rings. The number of aliphatic hydroxyl groups is 6. The zero-order valence-corrected chi connectivity index (χ0v) is 34.0. The van der Waals surface area contributed by atoms with Gasteiger partial charge in [-0.05, 0) is 86.8 Å². The van der Waals surface area contributed by atoms with Crippen molar-refractivity contribution in [3.63, 3.8) is 0 Å². The molecule has 0 aromatic heterocycles. The van der Waals surface area contributed by atoms with Crippen molar-refractivity contribution in [3.05, 3.63) is 107 Å². The number of rotatable bonds is 22. The SMILES string of the molecule is O=C(O)CCC/C=C\C[C@@H]1[C@@H](/C=C/[C@@H](O)COc2cccc(Cl)c2)[C@H](O)C[C@@H]1O.O=C(O)CCC/C=C\C[C@H]1[C@H](/C=C/[C@H](O)COc2cccc(Cl)c2)[C@@H](O)C[C@H]1O. The van der Waals surface area contributed by atoms with E-state index in [9.17, 15) is 40.2 Å². The summed E-state index contributed by atoms with van der Waals surface area (Å²) in [6.45, 7) is 0.104. The first-order valence-electron chi connectivity index (χ1n) is 19.7. The molecular formula is C44H58Cl2O12. The van der Waals surface area contributed by atoms with Crippen LogP contribution < -0.4 is 9.47 Å². The third-order valence-electron chi connectivity index (χ3n) is 10.0. The number of ether oxygens (including phenoxy) is 2. The molecule has 320 valence electrons. The van der Waals surface area contributed by atoms with E-state index in [4.69, 9.17) is 42.9 Å². The summed E-state index contributed by atoms with van der Waals surface area (Å²) in [6.07, 6.45) is 14.5. The summed E-state index contributed by atoms with van der Waals surface area (Å²) in [5.41, 5.74) is 0. The average molecular weight is 850 g/mol. The zero-order chi connectivity index (χ0) is 42.5. The lowest BCUT2D eigenvalue weighted by atomic mass is 9.89. The van der Waals surface area contributed by atoms with E-state index < -0.39 is 48.6 Å². The van der Waals surface area contributed by atoms with Crippen molar-refractivity contribution in [1.29, 1.82) is 0 Å². The van der Waals surface area contributed by atoms with Crippen LogP contribution in [-0.2, 0) is 9.59 Å². The van der Waals surface area contributed by atoms with Crippen molar-refractivity contribution in [2.45, 2.75) is 101 Å². The molecule has 14 heteroatoms. The molecule has 0 radical (unpaired) electrons. The maximum atomic E-state index is 10.5. The zero-order valence-electron chi connectivity index (χ0n) is 32.5. The van der Waals surface area contributed by atoms with Crippen molar-refractivity contribution in [1.82, 2.24) is 0 Å². The number of allylic oxidation sites excluding steroid dienone is 4. The van der Waals surface area contributed by atoms with Gasteiger partial charge in [-0.25, -0.2) is 0 Å². The quantitative estimate of drug-likeness (QED) is 0.0478. The monoisotopic (exact) mass is 848 g/mol. The first-order valence-corrected chi connectivity index (χ1v) is 20.4. The Hall–Kier alpha value is -3.72. The fourth-order valence-electron chi connectivity index (χ4n) is 7.00. The fourth-order valence-corrected chi connectivity index (χ4v) is 7.36. The molecule has 0 bridgehead atoms. The minimum absolute atomic E-state index is 0.0519. The van der Waals surface area contributed by atoms with E-state index in [0.717, 1.165) is 0 Å². The largest absolute Gasteiger partial charge is 0.491 e. The maximum absolute atomic E-state index is 10.5. The van der Waals surface area contributed by atoms with Gasteiger partial charge in [0.2, 0.25) is 0 Å². The van der Waals surface area contributed by atoms with E-state index in [1.54, 1.807) is 72.8 Å². The van der Waals surface area contributed by atoms with Gasteiger partial charge >= 0.3 is 11.9 Å². The Balaban J connectivity index is 0.000000310. The Morgan fingerprint density at radius 3 is 1.40 bits per heavy atom. The molecule has 8 N–H and O–H groups in total. The summed E-state index contributed by atoms with van der Waals surface area (Å²) >= 11 is 11.8. The Bertz CT molecular complexity index is 1530. The molecule has 10 atom stereocenters. The second-order valence-corrected chi connectivity index (χ2v) is 15.5. The number of carbonyl (C=O) groups is 2. The van der Waals surface area contributed by atoms with Crippen LogP contribution in [0.4, 0.5) is 0 Å². The van der Waals surface area contributed by atoms with Gasteiger partial charge in [0.25, 0.3) is 0 Å². The number of benzene rings is 2. The third kappa shape index (κ3) is 18.5. The number of hydrogen-bond donors (Lipinski definition) is 8. The first kappa shape index (κ1) is 48.6. The maximum Gasteiger partial charge on any atom is 0.303 e. The van der Waals surface area contributed by atoms with Crippen LogP contribution in [0.1, 0.15) is 64.2 Å². The summed E-state index contributed by atoms with van der Waals surface area (Å²) in [7, 11) is 0. The summed E-state index contributed by atoms with van der Waals surface area (Å²) < 4.78 is 11.0. The van der Waals surface area contributed by atoms with Gasteiger partial charge in [-0.2, -0.15) is 0 Å². The van der Waals surface area contributed by atoms with Crippen LogP contribution in [0.2, 0.25) is 10.0 Å². The summed E-state index contributed by atoms with van der Waals surface area (Å²) in [5.74, 6) is -1.34. The lowest BCUT2D eigenvalue weighted by Crippen LogP contribution is -2.21. The highest BCUT2D eigenvalue weighted by molar-refractivity contribution is 6.31. The number of halogens is 2. The average Bonchev–Trinajstić information content (AvgIpc) is 3.60. The molecule has 0 saturated heterocycles. The molecule has 0 spiro atoms. The second-order valence-electron chi connectivity index (χ2n) is 14.7.